The van der Waals surface area contributed by atoms with Crippen molar-refractivity contribution >= 4 is 40.9 Å². The molecule has 0 bridgehead atoms. The predicted octanol–water partition coefficient (Wildman–Crippen LogP) is 4.27. The topological polar surface area (TPSA) is 67.9 Å². The number of amides is 2. The highest BCUT2D eigenvalue weighted by Crippen LogP contribution is 2.31. The van der Waals surface area contributed by atoms with Gasteiger partial charge in [-0.2, -0.15) is 0 Å². The lowest BCUT2D eigenvalue weighted by Gasteiger charge is -2.29. The molecule has 1 atom stereocenters. The number of methoxy groups -OCH3 is 1. The van der Waals surface area contributed by atoms with E-state index in [2.05, 4.69) is 12.2 Å². The fourth-order valence-electron chi connectivity index (χ4n) is 3.11. The molecule has 0 aromatic heterocycles. The first-order chi connectivity index (χ1) is 14.9. The van der Waals surface area contributed by atoms with Gasteiger partial charge in [0.05, 0.1) is 18.9 Å². The minimum atomic E-state index is -0.532. The maximum absolute atomic E-state index is 13.2. The van der Waals surface area contributed by atoms with Gasteiger partial charge in [-0.05, 0) is 73.5 Å². The number of anilines is 1. The van der Waals surface area contributed by atoms with E-state index in [9.17, 15) is 9.59 Å². The average molecular weight is 439 g/mol. The molecule has 0 aliphatic carbocycles. The number of aryl methyl sites for hydroxylation is 1. The number of nitrogens with one attached hydrogen (secondary N) is 1. The van der Waals surface area contributed by atoms with E-state index >= 15 is 0 Å². The highest BCUT2D eigenvalue weighted by atomic mass is 32.1. The highest BCUT2D eigenvalue weighted by Gasteiger charge is 2.34. The van der Waals surface area contributed by atoms with Crippen molar-refractivity contribution in [2.24, 2.45) is 0 Å². The standard InChI is InChI=1S/C24H26N2O4S/c1-5-15(3)30-20-12-9-17(14-21(20)29-4)13-19-22(27)25-24(31)26(23(19)28)18-10-7-16(6-2)8-11-18/h7-15H,5-6H2,1-4H3,(H,25,27,31)/b19-13+/t15-/m0/s1. The number of hydrogen-bond acceptors (Lipinski definition) is 5. The summed E-state index contributed by atoms with van der Waals surface area (Å²) >= 11 is 5.26. The van der Waals surface area contributed by atoms with Crippen LogP contribution in [0.4, 0.5) is 5.69 Å². The first-order valence-corrected chi connectivity index (χ1v) is 10.6. The van der Waals surface area contributed by atoms with Gasteiger partial charge in [-0.15, -0.1) is 0 Å². The molecule has 1 heterocycles. The van der Waals surface area contributed by atoms with Gasteiger partial charge in [-0.25, -0.2) is 0 Å². The van der Waals surface area contributed by atoms with E-state index in [1.54, 1.807) is 25.3 Å². The zero-order valence-electron chi connectivity index (χ0n) is 18.1. The van der Waals surface area contributed by atoms with Crippen LogP contribution in [0.5, 0.6) is 11.5 Å². The number of ether oxygens (including phenoxy) is 2. The molecule has 6 nitrogen and oxygen atoms in total. The maximum Gasteiger partial charge on any atom is 0.270 e. The van der Waals surface area contributed by atoms with Crippen LogP contribution < -0.4 is 19.7 Å². The Morgan fingerprint density at radius 1 is 1.10 bits per heavy atom. The van der Waals surface area contributed by atoms with Crippen molar-refractivity contribution in [3.05, 3.63) is 59.2 Å². The molecule has 7 heteroatoms. The summed E-state index contributed by atoms with van der Waals surface area (Å²) < 4.78 is 11.3. The molecular weight excluding hydrogens is 412 g/mol. The van der Waals surface area contributed by atoms with E-state index in [1.165, 1.54) is 11.0 Å². The molecule has 1 saturated heterocycles. The first-order valence-electron chi connectivity index (χ1n) is 10.2. The van der Waals surface area contributed by atoms with Gasteiger partial charge in [0.1, 0.15) is 5.57 Å². The van der Waals surface area contributed by atoms with Crippen molar-refractivity contribution in [2.75, 3.05) is 12.0 Å². The highest BCUT2D eigenvalue weighted by molar-refractivity contribution is 7.80. The quantitative estimate of drug-likeness (QED) is 0.397. The number of rotatable bonds is 7. The largest absolute Gasteiger partial charge is 0.493 e. The van der Waals surface area contributed by atoms with E-state index in [4.69, 9.17) is 21.7 Å². The molecular formula is C24H26N2O4S. The van der Waals surface area contributed by atoms with E-state index in [0.717, 1.165) is 18.4 Å². The summed E-state index contributed by atoms with van der Waals surface area (Å²) in [4.78, 5) is 27.0. The zero-order valence-corrected chi connectivity index (χ0v) is 18.9. The number of hydrogen-bond donors (Lipinski definition) is 1. The van der Waals surface area contributed by atoms with Crippen molar-refractivity contribution in [1.29, 1.82) is 0 Å². The van der Waals surface area contributed by atoms with E-state index in [0.29, 0.717) is 22.7 Å². The van der Waals surface area contributed by atoms with Crippen LogP contribution in [0.3, 0.4) is 0 Å². The second-order valence-corrected chi connectivity index (χ2v) is 7.61. The molecule has 0 spiro atoms. The van der Waals surface area contributed by atoms with Crippen LogP contribution in [-0.2, 0) is 16.0 Å². The summed E-state index contributed by atoms with van der Waals surface area (Å²) in [7, 11) is 1.55. The maximum atomic E-state index is 13.2. The second kappa shape index (κ2) is 9.75. The summed E-state index contributed by atoms with van der Waals surface area (Å²) in [6, 6.07) is 12.8. The molecule has 1 aliphatic heterocycles. The molecule has 0 saturated carbocycles. The predicted molar refractivity (Wildman–Crippen MR) is 125 cm³/mol. The molecule has 2 aromatic rings. The molecule has 0 unspecified atom stereocenters. The first kappa shape index (κ1) is 22.5. The van der Waals surface area contributed by atoms with E-state index in [-0.39, 0.29) is 16.8 Å². The Kier molecular flexibility index (Phi) is 7.07. The SMILES string of the molecule is CCc1ccc(N2C(=O)/C(=C/c3ccc(O[C@@H](C)CC)c(OC)c3)C(=O)NC2=S)cc1. The summed E-state index contributed by atoms with van der Waals surface area (Å²) in [6.45, 7) is 6.07. The van der Waals surface area contributed by atoms with Gasteiger partial charge in [-0.3, -0.25) is 19.8 Å². The van der Waals surface area contributed by atoms with Gasteiger partial charge in [-0.1, -0.05) is 32.0 Å². The van der Waals surface area contributed by atoms with Crippen LogP contribution in [0.2, 0.25) is 0 Å². The molecule has 162 valence electrons. The lowest BCUT2D eigenvalue weighted by Crippen LogP contribution is -2.54. The van der Waals surface area contributed by atoms with E-state index < -0.39 is 11.8 Å². The average Bonchev–Trinajstić information content (AvgIpc) is 2.77. The normalized spacial score (nSPS) is 16.3. The minimum Gasteiger partial charge on any atom is -0.493 e. The Balaban J connectivity index is 1.93. The summed E-state index contributed by atoms with van der Waals surface area (Å²) in [5, 5.41) is 2.67. The van der Waals surface area contributed by atoms with Crippen LogP contribution in [0.1, 0.15) is 38.3 Å². The Morgan fingerprint density at radius 2 is 1.81 bits per heavy atom. The number of carbonyl (C=O) groups is 2. The van der Waals surface area contributed by atoms with Crippen LogP contribution >= 0.6 is 12.2 Å². The minimum absolute atomic E-state index is 0.00850. The van der Waals surface area contributed by atoms with Gasteiger partial charge in [0.25, 0.3) is 11.8 Å². The Labute approximate surface area is 187 Å². The lowest BCUT2D eigenvalue weighted by atomic mass is 10.1. The van der Waals surface area contributed by atoms with Gasteiger partial charge < -0.3 is 9.47 Å². The number of carbonyl (C=O) groups excluding carboxylic acids is 2. The zero-order chi connectivity index (χ0) is 22.5. The summed E-state index contributed by atoms with van der Waals surface area (Å²) in [6.07, 6.45) is 3.32. The van der Waals surface area contributed by atoms with Crippen LogP contribution in [0, 0.1) is 0 Å². The smallest absolute Gasteiger partial charge is 0.270 e. The molecule has 1 N–H and O–H groups in total. The molecule has 0 radical (unpaired) electrons. The third-order valence-electron chi connectivity index (χ3n) is 5.11. The summed E-state index contributed by atoms with van der Waals surface area (Å²) in [5.41, 5.74) is 2.38. The van der Waals surface area contributed by atoms with Gasteiger partial charge >= 0.3 is 0 Å². The molecule has 1 fully saturated rings. The van der Waals surface area contributed by atoms with Crippen LogP contribution in [0.15, 0.2) is 48.0 Å². The van der Waals surface area contributed by atoms with E-state index in [1.807, 2.05) is 38.1 Å². The molecule has 3 rings (SSSR count). The third-order valence-corrected chi connectivity index (χ3v) is 5.39. The van der Waals surface area contributed by atoms with Crippen LogP contribution in [-0.4, -0.2) is 30.1 Å². The Hall–Kier alpha value is -3.19. The second-order valence-electron chi connectivity index (χ2n) is 7.22. The molecule has 2 amide bonds. The number of thiocarbonyl (C=S) groups is 1. The van der Waals surface area contributed by atoms with Gasteiger partial charge in [0.15, 0.2) is 16.6 Å². The van der Waals surface area contributed by atoms with Crippen LogP contribution in [0.25, 0.3) is 6.08 Å². The lowest BCUT2D eigenvalue weighted by molar-refractivity contribution is -0.122. The van der Waals surface area contributed by atoms with Gasteiger partial charge in [0.2, 0.25) is 0 Å². The third kappa shape index (κ3) is 4.94. The molecule has 31 heavy (non-hydrogen) atoms. The number of benzene rings is 2. The monoisotopic (exact) mass is 438 g/mol. The fourth-order valence-corrected chi connectivity index (χ4v) is 3.39. The van der Waals surface area contributed by atoms with Crippen molar-refractivity contribution in [3.63, 3.8) is 0 Å². The van der Waals surface area contributed by atoms with Crippen molar-refractivity contribution in [3.8, 4) is 11.5 Å². The van der Waals surface area contributed by atoms with Crippen molar-refractivity contribution in [1.82, 2.24) is 5.32 Å². The molecule has 1 aliphatic rings. The summed E-state index contributed by atoms with van der Waals surface area (Å²) in [5.74, 6) is 0.130. The number of nitrogens with zero attached hydrogens (tertiary/aromatic N) is 1. The Bertz CT molecular complexity index is 1030. The van der Waals surface area contributed by atoms with Gasteiger partial charge in [0, 0.05) is 0 Å². The molecule has 2 aromatic carbocycles. The fraction of sp³-hybridized carbons (Fsp3) is 0.292. The van der Waals surface area contributed by atoms with Crippen molar-refractivity contribution in [2.45, 2.75) is 39.7 Å². The van der Waals surface area contributed by atoms with Crippen molar-refractivity contribution < 1.29 is 19.1 Å². The Morgan fingerprint density at radius 3 is 2.42 bits per heavy atom.